The van der Waals surface area contributed by atoms with Crippen LogP contribution in [-0.2, 0) is 16.1 Å². The third-order valence-electron chi connectivity index (χ3n) is 1.92. The van der Waals surface area contributed by atoms with Crippen LogP contribution in [0.2, 0.25) is 0 Å². The van der Waals surface area contributed by atoms with E-state index in [1.165, 1.54) is 0 Å². The molecule has 0 saturated carbocycles. The lowest BCUT2D eigenvalue weighted by Crippen LogP contribution is -2.24. The molecule has 0 N–H and O–H groups in total. The summed E-state index contributed by atoms with van der Waals surface area (Å²) < 4.78 is 5.46. The van der Waals surface area contributed by atoms with Crippen molar-refractivity contribution in [2.45, 2.75) is 26.0 Å². The number of ether oxygens (including phenoxy) is 1. The fourth-order valence-corrected chi connectivity index (χ4v) is 1.15. The van der Waals surface area contributed by atoms with Gasteiger partial charge >= 0.3 is 0 Å². The number of benzene rings is 1. The molecular weight excluding hydrogens is 190 g/mol. The fourth-order valence-electron chi connectivity index (χ4n) is 1.15. The molecular formula is C12H15NO2. The van der Waals surface area contributed by atoms with Crippen molar-refractivity contribution in [3.63, 3.8) is 0 Å². The summed E-state index contributed by atoms with van der Waals surface area (Å²) >= 11 is 0. The molecule has 0 unspecified atom stereocenters. The van der Waals surface area contributed by atoms with Gasteiger partial charge in [0.1, 0.15) is 0 Å². The van der Waals surface area contributed by atoms with Gasteiger partial charge in [0, 0.05) is 0 Å². The number of hydrogen-bond donors (Lipinski definition) is 0. The molecule has 0 atom stereocenters. The number of isocyanates is 1. The molecule has 1 aromatic rings. The first kappa shape index (κ1) is 11.6. The van der Waals surface area contributed by atoms with Gasteiger partial charge in [0.05, 0.1) is 18.8 Å². The van der Waals surface area contributed by atoms with Crippen LogP contribution in [0.5, 0.6) is 0 Å². The van der Waals surface area contributed by atoms with E-state index in [9.17, 15) is 4.79 Å². The van der Waals surface area contributed by atoms with Crippen LogP contribution < -0.4 is 0 Å². The summed E-state index contributed by atoms with van der Waals surface area (Å²) in [4.78, 5) is 13.8. The van der Waals surface area contributed by atoms with E-state index in [-0.39, 0.29) is 0 Å². The summed E-state index contributed by atoms with van der Waals surface area (Å²) in [6.07, 6.45) is 1.55. The quantitative estimate of drug-likeness (QED) is 0.546. The summed E-state index contributed by atoms with van der Waals surface area (Å²) in [5, 5.41) is 0. The average Bonchev–Trinajstić information content (AvgIpc) is 2.19. The highest BCUT2D eigenvalue weighted by molar-refractivity contribution is 5.34. The van der Waals surface area contributed by atoms with Crippen molar-refractivity contribution >= 4 is 6.08 Å². The molecule has 0 radical (unpaired) electrons. The first-order valence-corrected chi connectivity index (χ1v) is 4.85. The second kappa shape index (κ2) is 5.44. The Labute approximate surface area is 89.8 Å². The normalized spacial score (nSPS) is 10.8. The second-order valence-electron chi connectivity index (χ2n) is 3.99. The Bertz CT molecular complexity index is 340. The molecule has 0 amide bonds. The van der Waals surface area contributed by atoms with E-state index in [4.69, 9.17) is 4.74 Å². The largest absolute Gasteiger partial charge is 0.374 e. The van der Waals surface area contributed by atoms with Crippen molar-refractivity contribution < 1.29 is 9.53 Å². The van der Waals surface area contributed by atoms with Gasteiger partial charge < -0.3 is 4.74 Å². The van der Waals surface area contributed by atoms with E-state index in [2.05, 4.69) is 4.99 Å². The van der Waals surface area contributed by atoms with Crippen LogP contribution in [0, 0.1) is 0 Å². The first-order valence-electron chi connectivity index (χ1n) is 4.85. The second-order valence-corrected chi connectivity index (χ2v) is 3.99. The molecule has 0 saturated heterocycles. The van der Waals surface area contributed by atoms with E-state index in [1.54, 1.807) is 6.08 Å². The number of nitrogens with zero attached hydrogens (tertiary/aromatic N) is 1. The third-order valence-corrected chi connectivity index (χ3v) is 1.92. The minimum atomic E-state index is -0.490. The first-order chi connectivity index (χ1) is 7.14. The van der Waals surface area contributed by atoms with Crippen molar-refractivity contribution in [3.05, 3.63) is 35.9 Å². The summed E-state index contributed by atoms with van der Waals surface area (Å²) in [6.45, 7) is 4.63. The van der Waals surface area contributed by atoms with Gasteiger partial charge in [-0.05, 0) is 19.4 Å². The van der Waals surface area contributed by atoms with E-state index >= 15 is 0 Å². The summed E-state index contributed by atoms with van der Waals surface area (Å²) in [6, 6.07) is 9.89. The Morgan fingerprint density at radius 2 is 2.00 bits per heavy atom. The molecule has 1 rings (SSSR count). The predicted molar refractivity (Wildman–Crippen MR) is 58.3 cm³/mol. The van der Waals surface area contributed by atoms with Crippen LogP contribution in [0.25, 0.3) is 0 Å². The highest BCUT2D eigenvalue weighted by Gasteiger charge is 2.16. The van der Waals surface area contributed by atoms with Crippen LogP contribution in [0.1, 0.15) is 19.4 Å². The molecule has 3 heteroatoms. The summed E-state index contributed by atoms with van der Waals surface area (Å²) in [5.74, 6) is 0. The minimum absolute atomic E-state index is 0.414. The van der Waals surface area contributed by atoms with Gasteiger partial charge in [-0.25, -0.2) is 4.79 Å². The van der Waals surface area contributed by atoms with Gasteiger partial charge in [-0.2, -0.15) is 4.99 Å². The molecule has 0 aliphatic carbocycles. The minimum Gasteiger partial charge on any atom is -0.374 e. The Balaban J connectivity index is 2.37. The topological polar surface area (TPSA) is 38.7 Å². The molecule has 0 aliphatic rings. The molecule has 0 aromatic heterocycles. The monoisotopic (exact) mass is 205 g/mol. The molecule has 0 spiro atoms. The molecule has 0 fully saturated rings. The molecule has 0 heterocycles. The lowest BCUT2D eigenvalue weighted by molar-refractivity contribution is 0.0858. The van der Waals surface area contributed by atoms with E-state index in [0.29, 0.717) is 13.2 Å². The van der Waals surface area contributed by atoms with Gasteiger partial charge in [-0.3, -0.25) is 0 Å². The van der Waals surface area contributed by atoms with Crippen molar-refractivity contribution in [2.75, 3.05) is 6.61 Å². The number of hydrogen-bond acceptors (Lipinski definition) is 3. The Morgan fingerprint density at radius 3 is 2.60 bits per heavy atom. The molecule has 0 aliphatic heterocycles. The maximum atomic E-state index is 10.1. The molecule has 1 aromatic carbocycles. The molecule has 0 bridgehead atoms. The van der Waals surface area contributed by atoms with Crippen molar-refractivity contribution in [1.82, 2.24) is 0 Å². The summed E-state index contributed by atoms with van der Waals surface area (Å²) in [7, 11) is 0. The fraction of sp³-hybridized carbons (Fsp3) is 0.417. The molecule has 3 nitrogen and oxygen atoms in total. The SMILES string of the molecule is CC(C)(COCc1ccccc1)N=C=O. The van der Waals surface area contributed by atoms with Crippen LogP contribution in [-0.4, -0.2) is 18.2 Å². The zero-order valence-corrected chi connectivity index (χ0v) is 9.06. The third kappa shape index (κ3) is 4.54. The lowest BCUT2D eigenvalue weighted by atomic mass is 10.1. The van der Waals surface area contributed by atoms with E-state index < -0.39 is 5.54 Å². The van der Waals surface area contributed by atoms with Gasteiger partial charge in [0.2, 0.25) is 6.08 Å². The lowest BCUT2D eigenvalue weighted by Gasteiger charge is -2.16. The number of carbonyl (C=O) groups excluding carboxylic acids is 1. The van der Waals surface area contributed by atoms with Crippen LogP contribution >= 0.6 is 0 Å². The number of aliphatic imine (C=N–C) groups is 1. The van der Waals surface area contributed by atoms with Gasteiger partial charge in [-0.1, -0.05) is 30.3 Å². The van der Waals surface area contributed by atoms with Crippen molar-refractivity contribution in [3.8, 4) is 0 Å². The Kier molecular flexibility index (Phi) is 4.22. The van der Waals surface area contributed by atoms with Crippen LogP contribution in [0.3, 0.4) is 0 Å². The zero-order chi connectivity index (χ0) is 11.1. The van der Waals surface area contributed by atoms with Crippen molar-refractivity contribution in [1.29, 1.82) is 0 Å². The predicted octanol–water partition coefficient (Wildman–Crippen LogP) is 2.32. The zero-order valence-electron chi connectivity index (χ0n) is 9.06. The average molecular weight is 205 g/mol. The molecule has 15 heavy (non-hydrogen) atoms. The van der Waals surface area contributed by atoms with Gasteiger partial charge in [-0.15, -0.1) is 0 Å². The number of rotatable bonds is 5. The van der Waals surface area contributed by atoms with Gasteiger partial charge in [0.15, 0.2) is 0 Å². The standard InChI is InChI=1S/C12H15NO2/c1-12(2,13-10-14)9-15-8-11-6-4-3-5-7-11/h3-7H,8-9H2,1-2H3. The van der Waals surface area contributed by atoms with Crippen LogP contribution in [0.15, 0.2) is 35.3 Å². The van der Waals surface area contributed by atoms with Crippen molar-refractivity contribution in [2.24, 2.45) is 4.99 Å². The van der Waals surface area contributed by atoms with Crippen LogP contribution in [0.4, 0.5) is 0 Å². The highest BCUT2D eigenvalue weighted by Crippen LogP contribution is 2.10. The Morgan fingerprint density at radius 1 is 1.33 bits per heavy atom. The maximum absolute atomic E-state index is 10.1. The van der Waals surface area contributed by atoms with E-state index in [1.807, 2.05) is 44.2 Å². The van der Waals surface area contributed by atoms with Gasteiger partial charge in [0.25, 0.3) is 0 Å². The van der Waals surface area contributed by atoms with E-state index in [0.717, 1.165) is 5.56 Å². The highest BCUT2D eigenvalue weighted by atomic mass is 16.5. The maximum Gasteiger partial charge on any atom is 0.235 e. The smallest absolute Gasteiger partial charge is 0.235 e. The summed E-state index contributed by atoms with van der Waals surface area (Å²) in [5.41, 5.74) is 0.625. The molecule has 80 valence electrons. The Hall–Kier alpha value is -1.44.